The standard InChI is InChI=1S/C23H17Cl2N3O5/c1-32-16-11-7-15(8-12-16)23(31)33-17-9-5-14(6-10-17)13-26-28-22(30)21(29)27-19-4-2-3-18(24)20(19)25/h2-13H,1H3,(H,27,29)(H,28,30)/b26-13-. The maximum Gasteiger partial charge on any atom is 0.343 e. The van der Waals surface area contributed by atoms with Crippen LogP contribution in [-0.2, 0) is 9.59 Å². The van der Waals surface area contributed by atoms with Gasteiger partial charge < -0.3 is 14.8 Å². The number of hydrogen-bond acceptors (Lipinski definition) is 6. The second-order valence-corrected chi connectivity index (χ2v) is 7.23. The fourth-order valence-electron chi connectivity index (χ4n) is 2.51. The number of ether oxygens (including phenoxy) is 2. The van der Waals surface area contributed by atoms with Gasteiger partial charge in [0.1, 0.15) is 11.5 Å². The van der Waals surface area contributed by atoms with Gasteiger partial charge in [0.05, 0.1) is 34.6 Å². The molecule has 0 saturated heterocycles. The molecule has 3 aromatic rings. The number of nitrogens with one attached hydrogen (secondary N) is 2. The second kappa shape index (κ2) is 11.1. The minimum absolute atomic E-state index is 0.122. The van der Waals surface area contributed by atoms with E-state index in [1.54, 1.807) is 60.7 Å². The molecule has 33 heavy (non-hydrogen) atoms. The number of esters is 1. The predicted molar refractivity (Wildman–Crippen MR) is 125 cm³/mol. The van der Waals surface area contributed by atoms with Crippen molar-refractivity contribution in [3.05, 3.63) is 87.9 Å². The minimum atomic E-state index is -0.993. The van der Waals surface area contributed by atoms with Crippen LogP contribution >= 0.6 is 23.2 Å². The van der Waals surface area contributed by atoms with Crippen molar-refractivity contribution in [1.29, 1.82) is 0 Å². The molecule has 3 rings (SSSR count). The Morgan fingerprint density at radius 1 is 0.879 bits per heavy atom. The first-order chi connectivity index (χ1) is 15.9. The summed E-state index contributed by atoms with van der Waals surface area (Å²) in [5.74, 6) is -1.51. The molecule has 10 heteroatoms. The van der Waals surface area contributed by atoms with Crippen LogP contribution in [0.15, 0.2) is 71.8 Å². The van der Waals surface area contributed by atoms with Gasteiger partial charge in [-0.1, -0.05) is 29.3 Å². The number of anilines is 1. The van der Waals surface area contributed by atoms with Gasteiger partial charge in [0.2, 0.25) is 0 Å². The molecule has 3 aromatic carbocycles. The molecular weight excluding hydrogens is 469 g/mol. The predicted octanol–water partition coefficient (Wildman–Crippen LogP) is 4.31. The van der Waals surface area contributed by atoms with Gasteiger partial charge >= 0.3 is 17.8 Å². The van der Waals surface area contributed by atoms with Gasteiger partial charge in [-0.25, -0.2) is 10.2 Å². The van der Waals surface area contributed by atoms with Crippen LogP contribution in [0.2, 0.25) is 10.0 Å². The van der Waals surface area contributed by atoms with Gasteiger partial charge in [0.25, 0.3) is 0 Å². The van der Waals surface area contributed by atoms with Gasteiger partial charge in [0, 0.05) is 0 Å². The molecule has 0 unspecified atom stereocenters. The monoisotopic (exact) mass is 485 g/mol. The molecule has 0 bridgehead atoms. The maximum atomic E-state index is 12.2. The van der Waals surface area contributed by atoms with Crippen LogP contribution in [0.1, 0.15) is 15.9 Å². The highest BCUT2D eigenvalue weighted by atomic mass is 35.5. The summed E-state index contributed by atoms with van der Waals surface area (Å²) in [5, 5.41) is 6.45. The first-order valence-corrected chi connectivity index (χ1v) is 10.2. The van der Waals surface area contributed by atoms with E-state index in [0.717, 1.165) is 0 Å². The maximum absolute atomic E-state index is 12.2. The Bertz CT molecular complexity index is 1200. The Balaban J connectivity index is 1.52. The van der Waals surface area contributed by atoms with Crippen molar-refractivity contribution in [2.45, 2.75) is 0 Å². The van der Waals surface area contributed by atoms with E-state index in [1.165, 1.54) is 19.4 Å². The molecule has 0 spiro atoms. The van der Waals surface area contributed by atoms with Crippen molar-refractivity contribution in [2.75, 3.05) is 12.4 Å². The lowest BCUT2D eigenvalue weighted by Gasteiger charge is -2.07. The third-order valence-electron chi connectivity index (χ3n) is 4.20. The Kier molecular flexibility index (Phi) is 8.01. The van der Waals surface area contributed by atoms with Crippen LogP contribution < -0.4 is 20.2 Å². The zero-order valence-corrected chi connectivity index (χ0v) is 18.7. The number of amides is 2. The zero-order chi connectivity index (χ0) is 23.8. The number of nitrogens with zero attached hydrogens (tertiary/aromatic N) is 1. The first kappa shape index (κ1) is 23.8. The molecule has 0 heterocycles. The summed E-state index contributed by atoms with van der Waals surface area (Å²) in [6, 6.07) is 17.5. The Morgan fingerprint density at radius 3 is 2.21 bits per heavy atom. The number of hydrazone groups is 1. The molecule has 0 atom stereocenters. The lowest BCUT2D eigenvalue weighted by Crippen LogP contribution is -2.32. The molecule has 0 aromatic heterocycles. The van der Waals surface area contributed by atoms with E-state index in [4.69, 9.17) is 32.7 Å². The summed E-state index contributed by atoms with van der Waals surface area (Å²) in [6.07, 6.45) is 1.33. The minimum Gasteiger partial charge on any atom is -0.497 e. The summed E-state index contributed by atoms with van der Waals surface area (Å²) in [4.78, 5) is 36.1. The van der Waals surface area contributed by atoms with Crippen molar-refractivity contribution >= 4 is 52.9 Å². The van der Waals surface area contributed by atoms with Gasteiger partial charge in [-0.15, -0.1) is 0 Å². The molecule has 8 nitrogen and oxygen atoms in total. The third-order valence-corrected chi connectivity index (χ3v) is 5.02. The highest BCUT2D eigenvalue weighted by Gasteiger charge is 2.15. The molecular formula is C23H17Cl2N3O5. The Hall–Kier alpha value is -3.88. The van der Waals surface area contributed by atoms with E-state index in [1.807, 2.05) is 0 Å². The van der Waals surface area contributed by atoms with Gasteiger partial charge in [-0.3, -0.25) is 9.59 Å². The summed E-state index contributed by atoms with van der Waals surface area (Å²) in [5.41, 5.74) is 3.28. The van der Waals surface area contributed by atoms with Crippen LogP contribution in [0.3, 0.4) is 0 Å². The van der Waals surface area contributed by atoms with E-state index in [-0.39, 0.29) is 15.7 Å². The molecule has 0 aliphatic carbocycles. The lowest BCUT2D eigenvalue weighted by atomic mass is 10.2. The van der Waals surface area contributed by atoms with Crippen LogP contribution in [0.4, 0.5) is 5.69 Å². The molecule has 0 radical (unpaired) electrons. The number of halogens is 2. The van der Waals surface area contributed by atoms with Crippen molar-refractivity contribution in [2.24, 2.45) is 5.10 Å². The normalized spacial score (nSPS) is 10.5. The topological polar surface area (TPSA) is 106 Å². The van der Waals surface area contributed by atoms with Crippen molar-refractivity contribution in [3.63, 3.8) is 0 Å². The number of hydrogen-bond donors (Lipinski definition) is 2. The Labute approximate surface area is 199 Å². The summed E-state index contributed by atoms with van der Waals surface area (Å²) in [6.45, 7) is 0. The summed E-state index contributed by atoms with van der Waals surface area (Å²) >= 11 is 11.8. The highest BCUT2D eigenvalue weighted by Crippen LogP contribution is 2.29. The number of carbonyl (C=O) groups is 3. The second-order valence-electron chi connectivity index (χ2n) is 6.44. The number of benzene rings is 3. The molecule has 168 valence electrons. The van der Waals surface area contributed by atoms with Crippen molar-refractivity contribution in [3.8, 4) is 11.5 Å². The zero-order valence-electron chi connectivity index (χ0n) is 17.2. The largest absolute Gasteiger partial charge is 0.497 e. The quantitative estimate of drug-likeness (QED) is 0.178. The average molecular weight is 486 g/mol. The highest BCUT2D eigenvalue weighted by molar-refractivity contribution is 6.45. The van der Waals surface area contributed by atoms with Gasteiger partial charge in [0.15, 0.2) is 0 Å². The van der Waals surface area contributed by atoms with E-state index in [2.05, 4.69) is 15.8 Å². The molecule has 2 amide bonds. The van der Waals surface area contributed by atoms with Crippen molar-refractivity contribution < 1.29 is 23.9 Å². The fraction of sp³-hybridized carbons (Fsp3) is 0.0435. The molecule has 0 aliphatic heterocycles. The number of methoxy groups -OCH3 is 1. The molecule has 0 aliphatic rings. The van der Waals surface area contributed by atoms with E-state index < -0.39 is 17.8 Å². The lowest BCUT2D eigenvalue weighted by molar-refractivity contribution is -0.136. The first-order valence-electron chi connectivity index (χ1n) is 9.42. The molecule has 2 N–H and O–H groups in total. The number of carbonyl (C=O) groups excluding carboxylic acids is 3. The Morgan fingerprint density at radius 2 is 1.55 bits per heavy atom. The van der Waals surface area contributed by atoms with E-state index in [0.29, 0.717) is 22.6 Å². The van der Waals surface area contributed by atoms with E-state index >= 15 is 0 Å². The summed E-state index contributed by atoms with van der Waals surface area (Å²) < 4.78 is 10.4. The van der Waals surface area contributed by atoms with Crippen LogP contribution in [0.25, 0.3) is 0 Å². The summed E-state index contributed by atoms with van der Waals surface area (Å²) in [7, 11) is 1.54. The van der Waals surface area contributed by atoms with Crippen LogP contribution in [0, 0.1) is 0 Å². The SMILES string of the molecule is COc1ccc(C(=O)Oc2ccc(/C=N\NC(=O)C(=O)Nc3cccc(Cl)c3Cl)cc2)cc1. The molecule has 0 saturated carbocycles. The smallest absolute Gasteiger partial charge is 0.343 e. The van der Waals surface area contributed by atoms with Gasteiger partial charge in [-0.2, -0.15) is 5.10 Å². The van der Waals surface area contributed by atoms with Crippen LogP contribution in [0.5, 0.6) is 11.5 Å². The van der Waals surface area contributed by atoms with Crippen LogP contribution in [-0.4, -0.2) is 31.1 Å². The average Bonchev–Trinajstić information content (AvgIpc) is 2.83. The van der Waals surface area contributed by atoms with E-state index in [9.17, 15) is 14.4 Å². The molecule has 0 fully saturated rings. The number of rotatable bonds is 6. The third kappa shape index (κ3) is 6.55. The van der Waals surface area contributed by atoms with Gasteiger partial charge in [-0.05, 0) is 66.2 Å². The van der Waals surface area contributed by atoms with Crippen molar-refractivity contribution in [1.82, 2.24) is 5.43 Å². The fourth-order valence-corrected chi connectivity index (χ4v) is 2.86.